The molecule has 0 aliphatic rings. The lowest BCUT2D eigenvalue weighted by molar-refractivity contribution is 0.646. The van der Waals surface area contributed by atoms with Crippen LogP contribution in [-0.2, 0) is 44.5 Å². The fourth-order valence-corrected chi connectivity index (χ4v) is 5.72. The largest absolute Gasteiger partial charge is 0.338 e. The zero-order valence-corrected chi connectivity index (χ0v) is 37.2. The van der Waals surface area contributed by atoms with Gasteiger partial charge in [0.25, 0.3) is 0 Å². The van der Waals surface area contributed by atoms with Crippen molar-refractivity contribution in [3.63, 3.8) is 0 Å². The normalized spacial score (nSPS) is 12.4. The van der Waals surface area contributed by atoms with Crippen LogP contribution in [0.3, 0.4) is 0 Å². The summed E-state index contributed by atoms with van der Waals surface area (Å²) in [5.41, 5.74) is 4.15. The van der Waals surface area contributed by atoms with Crippen LogP contribution in [0.4, 0.5) is 0 Å². The Hall–Kier alpha value is -6.29. The number of hydrogen-bond acceptors (Lipinski definition) is 8. The van der Waals surface area contributed by atoms with Crippen molar-refractivity contribution in [1.82, 2.24) is 14.8 Å². The lowest BCUT2D eigenvalue weighted by Gasteiger charge is -2.23. The monoisotopic (exact) mass is 834 g/mol. The van der Waals surface area contributed by atoms with Gasteiger partial charge in [-0.25, -0.2) is 16.2 Å². The van der Waals surface area contributed by atoms with E-state index >= 15 is 0 Å². The first-order chi connectivity index (χ1) is 26.8. The molecule has 0 N–H and O–H groups in total. The van der Waals surface area contributed by atoms with Crippen LogP contribution in [0.15, 0.2) is 67.3 Å². The summed E-state index contributed by atoms with van der Waals surface area (Å²) in [6.07, 6.45) is 3.14. The first-order valence-electron chi connectivity index (χ1n) is 18.5. The Kier molecular flexibility index (Phi) is 15.5. The van der Waals surface area contributed by atoms with Crippen molar-refractivity contribution in [2.45, 2.75) is 128 Å². The third-order valence-electron chi connectivity index (χ3n) is 10.0. The first-order valence-corrected chi connectivity index (χ1v) is 19.6. The molecule has 0 radical (unpaired) electrons. The van der Waals surface area contributed by atoms with Gasteiger partial charge in [0.05, 0.1) is 69.5 Å². The summed E-state index contributed by atoms with van der Waals surface area (Å²) >= 11 is 3.38. The van der Waals surface area contributed by atoms with Gasteiger partial charge in [0.2, 0.25) is 0 Å². The topological polar surface area (TPSA) is 178 Å². The highest BCUT2D eigenvalue weighted by molar-refractivity contribution is 9.08. The number of hydrogen-bond donors (Lipinski definition) is 0. The van der Waals surface area contributed by atoms with Gasteiger partial charge in [-0.3, -0.25) is 4.85 Å². The van der Waals surface area contributed by atoms with Crippen LogP contribution in [0, 0.1) is 81.5 Å². The zero-order chi connectivity index (χ0) is 44.3. The number of aryl methyl sites for hydroxylation is 1. The van der Waals surface area contributed by atoms with Gasteiger partial charge in [0.15, 0.2) is 6.07 Å². The van der Waals surface area contributed by atoms with Gasteiger partial charge in [-0.2, -0.15) is 36.7 Å². The number of halogens is 1. The van der Waals surface area contributed by atoms with Crippen molar-refractivity contribution < 1.29 is 0 Å². The fourth-order valence-electron chi connectivity index (χ4n) is 5.40. The molecule has 0 fully saturated rings. The summed E-state index contributed by atoms with van der Waals surface area (Å²) in [4.78, 5) is 7.36. The molecular weight excluding hydrogens is 784 g/mol. The van der Waals surface area contributed by atoms with Crippen LogP contribution in [-0.4, -0.2) is 14.8 Å². The van der Waals surface area contributed by atoms with E-state index in [4.69, 9.17) is 6.57 Å². The summed E-state index contributed by atoms with van der Waals surface area (Å²) in [6, 6.07) is 31.1. The quantitative estimate of drug-likeness (QED) is 0.118. The summed E-state index contributed by atoms with van der Waals surface area (Å²) in [7, 11) is 0. The van der Waals surface area contributed by atoms with Crippen LogP contribution >= 0.6 is 15.9 Å². The molecular formula is C47H51BrN10. The molecule has 0 spiro atoms. The number of nitrogens with zero attached hydrogens (tertiary/aromatic N) is 10. The summed E-state index contributed by atoms with van der Waals surface area (Å²) in [5.74, 6) is 0. The fraction of sp³-hybridized carbons (Fsp3) is 0.426. The molecule has 1 atom stereocenters. The third kappa shape index (κ3) is 11.9. The molecule has 1 aromatic heterocycles. The molecule has 11 heteroatoms. The van der Waals surface area contributed by atoms with E-state index in [1.54, 1.807) is 24.0 Å². The Morgan fingerprint density at radius 3 is 1.21 bits per heavy atom. The van der Waals surface area contributed by atoms with Crippen LogP contribution < -0.4 is 0 Å². The number of aromatic nitrogens is 3. The van der Waals surface area contributed by atoms with Gasteiger partial charge in [0.1, 0.15) is 12.7 Å². The number of benzene rings is 3. The first kappa shape index (κ1) is 47.9. The third-order valence-corrected chi connectivity index (χ3v) is 10.7. The van der Waals surface area contributed by atoms with Gasteiger partial charge in [-0.1, -0.05) is 64.0 Å². The molecule has 0 saturated carbocycles. The highest BCUT2D eigenvalue weighted by atomic mass is 79.9. The van der Waals surface area contributed by atoms with E-state index in [1.165, 1.54) is 6.33 Å². The second kappa shape index (κ2) is 18.8. The van der Waals surface area contributed by atoms with E-state index in [0.717, 1.165) is 44.5 Å². The summed E-state index contributed by atoms with van der Waals surface area (Å²) < 4.78 is 1.72. The Labute approximate surface area is 353 Å². The lowest BCUT2D eigenvalue weighted by Crippen LogP contribution is -2.20. The average molecular weight is 836 g/mol. The van der Waals surface area contributed by atoms with Gasteiger partial charge in [-0.05, 0) is 127 Å². The maximum atomic E-state index is 9.40. The van der Waals surface area contributed by atoms with Gasteiger partial charge >= 0.3 is 5.54 Å². The molecule has 0 saturated heterocycles. The van der Waals surface area contributed by atoms with Crippen molar-refractivity contribution in [1.29, 1.82) is 31.6 Å². The Morgan fingerprint density at radius 1 is 0.552 bits per heavy atom. The van der Waals surface area contributed by atoms with Crippen LogP contribution in [0.2, 0.25) is 0 Å². The molecule has 0 amide bonds. The standard InChI is InChI=1S/C17H19N5.C15H14BrN3.C15H18N2/c1-16(2,9-18)14-5-13(8-22-12-20-11-21-22)6-15(7-14)17(3,4)10-19;1-14(2,9-17)12-5-11(8-16)6-13(7-12)15(3,10-18)19-4;1-11-6-12(14(2,3)9-16)8-13(7-11)15(4,5)10-17/h5-7,11-12H,8H2,1-4H3;5-7H,8H2,1-3H3;6-8H,1-5H3. The molecule has 0 bridgehead atoms. The maximum absolute atomic E-state index is 9.40. The van der Waals surface area contributed by atoms with Crippen LogP contribution in [0.1, 0.15) is 126 Å². The van der Waals surface area contributed by atoms with E-state index in [1.807, 2.05) is 131 Å². The number of rotatable bonds is 9. The van der Waals surface area contributed by atoms with Gasteiger partial charge in [0, 0.05) is 12.3 Å². The molecule has 4 rings (SSSR count). The average Bonchev–Trinajstić information content (AvgIpc) is 3.73. The minimum absolute atomic E-state index is 0.522. The highest BCUT2D eigenvalue weighted by Crippen LogP contribution is 2.33. The second-order valence-corrected chi connectivity index (χ2v) is 17.7. The minimum Gasteiger partial charge on any atom is -0.289 e. The molecule has 10 nitrogen and oxygen atoms in total. The SMILES string of the molecule is CC(C)(C#N)c1cc(Cn2cncn2)cc(C(C)(C)C#N)c1.Cc1cc(C(C)(C)C#N)cc(C(C)(C)C#N)c1.[C-]#[N+]C(C)(C#N)c1cc(CBr)cc(C(C)(C)C#N)c1. The second-order valence-electron chi connectivity index (χ2n) is 17.1. The molecule has 296 valence electrons. The van der Waals surface area contributed by atoms with Crippen molar-refractivity contribution in [2.75, 3.05) is 0 Å². The molecule has 1 heterocycles. The van der Waals surface area contributed by atoms with Gasteiger partial charge in [-0.15, -0.1) is 0 Å². The van der Waals surface area contributed by atoms with Crippen molar-refractivity contribution >= 4 is 15.9 Å². The van der Waals surface area contributed by atoms with E-state index in [0.29, 0.717) is 17.4 Å². The molecule has 3 aromatic carbocycles. The van der Waals surface area contributed by atoms with Gasteiger partial charge < -0.3 is 0 Å². The Bertz CT molecular complexity index is 2300. The lowest BCUT2D eigenvalue weighted by atomic mass is 9.79. The molecule has 0 aliphatic carbocycles. The molecule has 0 aliphatic heterocycles. The molecule has 58 heavy (non-hydrogen) atoms. The predicted molar refractivity (Wildman–Crippen MR) is 229 cm³/mol. The Balaban J connectivity index is 0.000000303. The zero-order valence-electron chi connectivity index (χ0n) is 35.6. The highest BCUT2D eigenvalue weighted by Gasteiger charge is 2.35. The van der Waals surface area contributed by atoms with E-state index in [2.05, 4.69) is 61.2 Å². The van der Waals surface area contributed by atoms with Crippen LogP contribution in [0.25, 0.3) is 4.85 Å². The summed E-state index contributed by atoms with van der Waals surface area (Å²) in [6.45, 7) is 30.1. The van der Waals surface area contributed by atoms with Crippen LogP contribution in [0.5, 0.6) is 0 Å². The van der Waals surface area contributed by atoms with Crippen molar-refractivity contribution in [3.05, 3.63) is 129 Å². The van der Waals surface area contributed by atoms with E-state index in [-0.39, 0.29) is 0 Å². The van der Waals surface area contributed by atoms with E-state index in [9.17, 15) is 31.6 Å². The predicted octanol–water partition coefficient (Wildman–Crippen LogP) is 10.6. The smallest absolute Gasteiger partial charge is 0.289 e. The van der Waals surface area contributed by atoms with Crippen molar-refractivity contribution in [2.24, 2.45) is 0 Å². The number of alkyl halides is 1. The Morgan fingerprint density at radius 2 is 0.897 bits per heavy atom. The number of nitriles is 6. The minimum atomic E-state index is -1.21. The summed E-state index contributed by atoms with van der Waals surface area (Å²) in [5, 5.41) is 60.3. The molecule has 4 aromatic rings. The molecule has 1 unspecified atom stereocenters. The maximum Gasteiger partial charge on any atom is 0.338 e. The van der Waals surface area contributed by atoms with Crippen molar-refractivity contribution in [3.8, 4) is 36.4 Å². The van der Waals surface area contributed by atoms with E-state index < -0.39 is 32.6 Å².